The van der Waals surface area contributed by atoms with Gasteiger partial charge in [0.2, 0.25) is 5.91 Å². The second-order valence-corrected chi connectivity index (χ2v) is 7.46. The van der Waals surface area contributed by atoms with Crippen LogP contribution in [0.5, 0.6) is 0 Å². The first-order chi connectivity index (χ1) is 8.83. The van der Waals surface area contributed by atoms with Crippen molar-refractivity contribution in [2.75, 3.05) is 13.1 Å². The van der Waals surface area contributed by atoms with Gasteiger partial charge < -0.3 is 11.1 Å². The fraction of sp³-hybridized carbons (Fsp3) is 0.938. The summed E-state index contributed by atoms with van der Waals surface area (Å²) in [5, 5.41) is 3.14. The van der Waals surface area contributed by atoms with Crippen LogP contribution < -0.4 is 11.1 Å². The lowest BCUT2D eigenvalue weighted by Gasteiger charge is -2.30. The second kappa shape index (κ2) is 7.28. The van der Waals surface area contributed by atoms with Crippen molar-refractivity contribution in [3.05, 3.63) is 0 Å². The third-order valence-corrected chi connectivity index (χ3v) is 4.34. The molecule has 0 spiro atoms. The van der Waals surface area contributed by atoms with E-state index in [-0.39, 0.29) is 17.2 Å². The highest BCUT2D eigenvalue weighted by molar-refractivity contribution is 5.78. The van der Waals surface area contributed by atoms with Gasteiger partial charge in [-0.3, -0.25) is 4.79 Å². The van der Waals surface area contributed by atoms with Gasteiger partial charge in [0, 0.05) is 13.1 Å². The van der Waals surface area contributed by atoms with E-state index in [2.05, 4.69) is 33.0 Å². The maximum atomic E-state index is 12.2. The first-order valence-corrected chi connectivity index (χ1v) is 7.81. The highest BCUT2D eigenvalue weighted by Crippen LogP contribution is 2.29. The van der Waals surface area contributed by atoms with Gasteiger partial charge in [0.1, 0.15) is 0 Å². The highest BCUT2D eigenvalue weighted by Gasteiger charge is 2.26. The van der Waals surface area contributed by atoms with Gasteiger partial charge in [-0.05, 0) is 30.1 Å². The van der Waals surface area contributed by atoms with Crippen molar-refractivity contribution in [1.82, 2.24) is 5.32 Å². The smallest absolute Gasteiger partial charge is 0.224 e. The lowest BCUT2D eigenvalue weighted by molar-refractivity contribution is -0.125. The molecular weight excluding hydrogens is 236 g/mol. The van der Waals surface area contributed by atoms with Gasteiger partial charge in [-0.15, -0.1) is 0 Å². The Labute approximate surface area is 118 Å². The second-order valence-electron chi connectivity index (χ2n) is 7.46. The molecule has 1 amide bonds. The number of rotatable bonds is 5. The van der Waals surface area contributed by atoms with Crippen LogP contribution in [0.25, 0.3) is 0 Å². The summed E-state index contributed by atoms with van der Waals surface area (Å²) in [5.41, 5.74) is 5.91. The Kier molecular flexibility index (Phi) is 6.31. The minimum atomic E-state index is -0.0427. The van der Waals surface area contributed by atoms with Crippen LogP contribution in [-0.4, -0.2) is 19.0 Å². The molecule has 1 aliphatic rings. The predicted octanol–water partition coefficient (Wildman–Crippen LogP) is 2.94. The molecule has 3 nitrogen and oxygen atoms in total. The van der Waals surface area contributed by atoms with Gasteiger partial charge in [-0.25, -0.2) is 0 Å². The number of carbonyl (C=O) groups excluding carboxylic acids is 1. The van der Waals surface area contributed by atoms with E-state index in [0.29, 0.717) is 12.5 Å². The molecule has 3 atom stereocenters. The minimum Gasteiger partial charge on any atom is -0.356 e. The Morgan fingerprint density at radius 1 is 1.32 bits per heavy atom. The fourth-order valence-electron chi connectivity index (χ4n) is 3.09. The molecule has 0 heterocycles. The van der Waals surface area contributed by atoms with Crippen LogP contribution in [-0.2, 0) is 4.79 Å². The molecule has 0 aromatic rings. The Morgan fingerprint density at radius 3 is 2.47 bits per heavy atom. The molecule has 1 fully saturated rings. The van der Waals surface area contributed by atoms with E-state index < -0.39 is 0 Å². The molecule has 0 bridgehead atoms. The van der Waals surface area contributed by atoms with Gasteiger partial charge in [0.05, 0.1) is 5.92 Å². The van der Waals surface area contributed by atoms with Crippen molar-refractivity contribution in [1.29, 1.82) is 0 Å². The largest absolute Gasteiger partial charge is 0.356 e. The van der Waals surface area contributed by atoms with E-state index in [1.165, 1.54) is 25.7 Å². The fourth-order valence-corrected chi connectivity index (χ4v) is 3.09. The molecule has 1 saturated carbocycles. The Hall–Kier alpha value is -0.570. The highest BCUT2D eigenvalue weighted by atomic mass is 16.1. The van der Waals surface area contributed by atoms with Gasteiger partial charge in [0.15, 0.2) is 0 Å². The molecule has 3 N–H and O–H groups in total. The topological polar surface area (TPSA) is 55.1 Å². The summed E-state index contributed by atoms with van der Waals surface area (Å²) in [6, 6.07) is 0. The van der Waals surface area contributed by atoms with Crippen molar-refractivity contribution in [3.63, 3.8) is 0 Å². The molecule has 3 unspecified atom stereocenters. The zero-order valence-corrected chi connectivity index (χ0v) is 13.2. The van der Waals surface area contributed by atoms with Gasteiger partial charge >= 0.3 is 0 Å². The van der Waals surface area contributed by atoms with Crippen LogP contribution in [0.15, 0.2) is 0 Å². The van der Waals surface area contributed by atoms with Crippen molar-refractivity contribution < 1.29 is 4.79 Å². The first-order valence-electron chi connectivity index (χ1n) is 7.81. The molecule has 0 aromatic carbocycles. The number of nitrogens with one attached hydrogen (secondary N) is 1. The molecule has 112 valence electrons. The average molecular weight is 268 g/mol. The molecule has 1 aliphatic carbocycles. The lowest BCUT2D eigenvalue weighted by atomic mass is 9.80. The molecular formula is C16H32N2O. The summed E-state index contributed by atoms with van der Waals surface area (Å²) in [6.45, 7) is 10.1. The summed E-state index contributed by atoms with van der Waals surface area (Å²) in [4.78, 5) is 12.2. The maximum absolute atomic E-state index is 12.2. The summed E-state index contributed by atoms with van der Waals surface area (Å²) in [5.74, 6) is 1.51. The van der Waals surface area contributed by atoms with E-state index in [1.807, 2.05) is 0 Å². The third kappa shape index (κ3) is 5.94. The molecule has 0 saturated heterocycles. The van der Waals surface area contributed by atoms with Gasteiger partial charge in [0.25, 0.3) is 0 Å². The number of amides is 1. The number of hydrogen-bond donors (Lipinski definition) is 2. The quantitative estimate of drug-likeness (QED) is 0.805. The molecule has 1 rings (SSSR count). The third-order valence-electron chi connectivity index (χ3n) is 4.34. The lowest BCUT2D eigenvalue weighted by Crippen LogP contribution is -2.40. The predicted molar refractivity (Wildman–Crippen MR) is 80.7 cm³/mol. The van der Waals surface area contributed by atoms with Crippen molar-refractivity contribution in [2.24, 2.45) is 28.9 Å². The molecule has 0 radical (unpaired) electrons. The van der Waals surface area contributed by atoms with Crippen molar-refractivity contribution in [2.45, 2.75) is 59.8 Å². The van der Waals surface area contributed by atoms with E-state index in [0.717, 1.165) is 18.9 Å². The summed E-state index contributed by atoms with van der Waals surface area (Å²) in [6.07, 6.45) is 6.08. The van der Waals surface area contributed by atoms with E-state index in [9.17, 15) is 4.79 Å². The maximum Gasteiger partial charge on any atom is 0.224 e. The van der Waals surface area contributed by atoms with E-state index in [1.54, 1.807) is 0 Å². The number of hydrogen-bond acceptors (Lipinski definition) is 2. The van der Waals surface area contributed by atoms with Crippen LogP contribution in [0.4, 0.5) is 0 Å². The van der Waals surface area contributed by atoms with Gasteiger partial charge in [-0.1, -0.05) is 47.0 Å². The standard InChI is InChI=1S/C16H32N2O/c1-12-7-5-6-8-13(12)11-18-15(19)14(10-17)9-16(2,3)4/h12-14H,5-11,17H2,1-4H3,(H,18,19). The van der Waals surface area contributed by atoms with E-state index in [4.69, 9.17) is 5.73 Å². The minimum absolute atomic E-state index is 0.0427. The summed E-state index contributed by atoms with van der Waals surface area (Å²) >= 11 is 0. The SMILES string of the molecule is CC1CCCCC1CNC(=O)C(CN)CC(C)(C)C. The van der Waals surface area contributed by atoms with Gasteiger partial charge in [-0.2, -0.15) is 0 Å². The van der Waals surface area contributed by atoms with Crippen LogP contribution in [0, 0.1) is 23.2 Å². The normalized spacial score (nSPS) is 25.9. The van der Waals surface area contributed by atoms with Crippen LogP contribution in [0.3, 0.4) is 0 Å². The zero-order chi connectivity index (χ0) is 14.5. The Bertz CT molecular complexity index is 283. The first kappa shape index (κ1) is 16.5. The monoisotopic (exact) mass is 268 g/mol. The van der Waals surface area contributed by atoms with Crippen LogP contribution in [0.2, 0.25) is 0 Å². The number of carbonyl (C=O) groups is 1. The molecule has 3 heteroatoms. The average Bonchev–Trinajstić information content (AvgIpc) is 2.33. The summed E-state index contributed by atoms with van der Waals surface area (Å²) < 4.78 is 0. The Morgan fingerprint density at radius 2 is 1.95 bits per heavy atom. The van der Waals surface area contributed by atoms with Crippen molar-refractivity contribution in [3.8, 4) is 0 Å². The zero-order valence-electron chi connectivity index (χ0n) is 13.2. The van der Waals surface area contributed by atoms with E-state index >= 15 is 0 Å². The Balaban J connectivity index is 2.40. The molecule has 0 aromatic heterocycles. The van der Waals surface area contributed by atoms with Crippen molar-refractivity contribution >= 4 is 5.91 Å². The van der Waals surface area contributed by atoms with Crippen LogP contribution >= 0.6 is 0 Å². The molecule has 19 heavy (non-hydrogen) atoms. The van der Waals surface area contributed by atoms with Crippen LogP contribution in [0.1, 0.15) is 59.8 Å². The molecule has 0 aliphatic heterocycles. The number of nitrogens with two attached hydrogens (primary N) is 1. The summed E-state index contributed by atoms with van der Waals surface area (Å²) in [7, 11) is 0.